The second-order valence-corrected chi connectivity index (χ2v) is 5.87. The van der Waals surface area contributed by atoms with E-state index in [4.69, 9.17) is 9.47 Å². The molecule has 3 rings (SSSR count). The summed E-state index contributed by atoms with van der Waals surface area (Å²) >= 11 is 0. The number of Topliss-reactive ketones (excluding diaryl/α,β-unsaturated/α-hetero) is 1. The molecule has 0 aromatic heterocycles. The zero-order valence-electron chi connectivity index (χ0n) is 14.7. The van der Waals surface area contributed by atoms with Crippen LogP contribution in [-0.2, 0) is 5.60 Å². The molecule has 4 nitrogen and oxygen atoms in total. The first-order valence-electron chi connectivity index (χ1n) is 8.21. The molecule has 0 unspecified atom stereocenters. The van der Waals surface area contributed by atoms with Gasteiger partial charge in [-0.2, -0.15) is 0 Å². The maximum atomic E-state index is 13.4. The highest BCUT2D eigenvalue weighted by Gasteiger charge is 2.40. The molecule has 132 valence electrons. The van der Waals surface area contributed by atoms with Crippen LogP contribution >= 0.6 is 0 Å². The zero-order valence-corrected chi connectivity index (χ0v) is 14.7. The molecule has 1 N–H and O–H groups in total. The van der Waals surface area contributed by atoms with Crippen molar-refractivity contribution in [1.29, 1.82) is 0 Å². The van der Waals surface area contributed by atoms with Crippen molar-refractivity contribution in [3.05, 3.63) is 95.6 Å². The Morgan fingerprint density at radius 1 is 0.769 bits per heavy atom. The summed E-state index contributed by atoms with van der Waals surface area (Å²) < 4.78 is 10.5. The molecule has 0 bridgehead atoms. The summed E-state index contributed by atoms with van der Waals surface area (Å²) in [6.07, 6.45) is 0. The minimum atomic E-state index is -1.82. The lowest BCUT2D eigenvalue weighted by molar-refractivity contribution is 0.0487. The van der Waals surface area contributed by atoms with Crippen LogP contribution in [0.4, 0.5) is 0 Å². The van der Waals surface area contributed by atoms with Crippen molar-refractivity contribution in [2.75, 3.05) is 14.2 Å². The fourth-order valence-electron chi connectivity index (χ4n) is 2.93. The first kappa shape index (κ1) is 17.7. The predicted molar refractivity (Wildman–Crippen MR) is 99.8 cm³/mol. The number of aliphatic hydroxyl groups is 1. The fourth-order valence-corrected chi connectivity index (χ4v) is 2.93. The topological polar surface area (TPSA) is 55.8 Å². The molecule has 0 aliphatic rings. The molecule has 0 amide bonds. The van der Waals surface area contributed by atoms with E-state index in [9.17, 15) is 9.90 Å². The maximum Gasteiger partial charge on any atom is 0.203 e. The Morgan fingerprint density at radius 3 is 1.58 bits per heavy atom. The Bertz CT molecular complexity index is 827. The molecule has 0 atom stereocenters. The van der Waals surface area contributed by atoms with E-state index in [1.807, 2.05) is 12.1 Å². The lowest BCUT2D eigenvalue weighted by Gasteiger charge is -2.28. The fraction of sp³-hybridized carbons (Fsp3) is 0.136. The van der Waals surface area contributed by atoms with Crippen LogP contribution in [0.2, 0.25) is 0 Å². The van der Waals surface area contributed by atoms with Crippen LogP contribution in [0.5, 0.6) is 11.5 Å². The van der Waals surface area contributed by atoms with E-state index < -0.39 is 11.4 Å². The van der Waals surface area contributed by atoms with Gasteiger partial charge in [-0.05, 0) is 23.3 Å². The summed E-state index contributed by atoms with van der Waals surface area (Å²) in [5, 5.41) is 11.6. The Balaban J connectivity index is 2.19. The van der Waals surface area contributed by atoms with Gasteiger partial charge < -0.3 is 14.6 Å². The number of hydrogen-bond donors (Lipinski definition) is 1. The number of ketones is 1. The van der Waals surface area contributed by atoms with Gasteiger partial charge in [-0.15, -0.1) is 0 Å². The van der Waals surface area contributed by atoms with Crippen molar-refractivity contribution in [3.63, 3.8) is 0 Å². The normalized spacial score (nSPS) is 11.0. The molecule has 0 radical (unpaired) electrons. The quantitative estimate of drug-likeness (QED) is 0.688. The highest BCUT2D eigenvalue weighted by atomic mass is 16.5. The van der Waals surface area contributed by atoms with Crippen molar-refractivity contribution in [2.45, 2.75) is 5.60 Å². The third-order valence-corrected chi connectivity index (χ3v) is 4.33. The Morgan fingerprint density at radius 2 is 1.19 bits per heavy atom. The molecule has 26 heavy (non-hydrogen) atoms. The van der Waals surface area contributed by atoms with E-state index >= 15 is 0 Å². The minimum Gasteiger partial charge on any atom is -0.497 e. The van der Waals surface area contributed by atoms with Crippen LogP contribution in [0, 0.1) is 0 Å². The number of carbonyl (C=O) groups excluding carboxylic acids is 1. The highest BCUT2D eigenvalue weighted by molar-refractivity contribution is 6.05. The number of methoxy groups -OCH3 is 2. The summed E-state index contributed by atoms with van der Waals surface area (Å²) in [6, 6.07) is 22.7. The molecule has 0 heterocycles. The first-order valence-corrected chi connectivity index (χ1v) is 8.21. The van der Waals surface area contributed by atoms with E-state index in [0.717, 1.165) is 0 Å². The average molecular weight is 348 g/mol. The van der Waals surface area contributed by atoms with Gasteiger partial charge in [0.15, 0.2) is 5.60 Å². The Kier molecular flexibility index (Phi) is 5.05. The zero-order chi connectivity index (χ0) is 18.6. The van der Waals surface area contributed by atoms with Crippen molar-refractivity contribution in [3.8, 4) is 11.5 Å². The van der Waals surface area contributed by atoms with Gasteiger partial charge in [-0.3, -0.25) is 4.79 Å². The number of hydrogen-bond acceptors (Lipinski definition) is 4. The summed E-state index contributed by atoms with van der Waals surface area (Å²) in [4.78, 5) is 13.4. The highest BCUT2D eigenvalue weighted by Crippen LogP contribution is 2.35. The van der Waals surface area contributed by atoms with Gasteiger partial charge in [-0.25, -0.2) is 0 Å². The molecular formula is C22H20O4. The standard InChI is InChI=1S/C22H20O4/c1-25-19-13-16(14-20(15-19)26-2)21(23)22(24,17-9-5-3-6-10-17)18-11-7-4-8-12-18/h3-15,24H,1-2H3. The minimum absolute atomic E-state index is 0.302. The van der Waals surface area contributed by atoms with Crippen LogP contribution in [0.25, 0.3) is 0 Å². The molecule has 0 saturated carbocycles. The SMILES string of the molecule is COc1cc(OC)cc(C(=O)C(O)(c2ccccc2)c2ccccc2)c1. The molecule has 0 aliphatic heterocycles. The largest absolute Gasteiger partial charge is 0.497 e. The number of carbonyl (C=O) groups is 1. The van der Waals surface area contributed by atoms with Gasteiger partial charge in [0.2, 0.25) is 5.78 Å². The molecule has 3 aromatic rings. The molecule has 0 fully saturated rings. The van der Waals surface area contributed by atoms with E-state index in [-0.39, 0.29) is 0 Å². The number of ether oxygens (including phenoxy) is 2. The average Bonchev–Trinajstić information content (AvgIpc) is 2.73. The molecule has 3 aromatic carbocycles. The second kappa shape index (κ2) is 7.42. The van der Waals surface area contributed by atoms with Crippen molar-refractivity contribution >= 4 is 5.78 Å². The second-order valence-electron chi connectivity index (χ2n) is 5.87. The maximum absolute atomic E-state index is 13.4. The number of benzene rings is 3. The summed E-state index contributed by atoms with van der Waals surface area (Å²) in [6.45, 7) is 0. The summed E-state index contributed by atoms with van der Waals surface area (Å²) in [5.74, 6) is 0.513. The molecule has 0 spiro atoms. The Labute approximate surface area is 152 Å². The number of rotatable bonds is 6. The predicted octanol–water partition coefficient (Wildman–Crippen LogP) is 3.82. The summed E-state index contributed by atoms with van der Waals surface area (Å²) in [7, 11) is 3.03. The van der Waals surface area contributed by atoms with Crippen LogP contribution in [0.15, 0.2) is 78.9 Å². The van der Waals surface area contributed by atoms with Crippen molar-refractivity contribution < 1.29 is 19.4 Å². The van der Waals surface area contributed by atoms with E-state index in [2.05, 4.69) is 0 Å². The third-order valence-electron chi connectivity index (χ3n) is 4.33. The van der Waals surface area contributed by atoms with E-state index in [1.165, 1.54) is 14.2 Å². The molecule has 4 heteroatoms. The lowest BCUT2D eigenvalue weighted by Crippen LogP contribution is -2.37. The van der Waals surface area contributed by atoms with Gasteiger partial charge in [0.1, 0.15) is 11.5 Å². The Hall–Kier alpha value is -3.11. The molecule has 0 saturated heterocycles. The van der Waals surface area contributed by atoms with Gasteiger partial charge in [0.05, 0.1) is 14.2 Å². The van der Waals surface area contributed by atoms with Gasteiger partial charge in [0, 0.05) is 11.6 Å². The monoisotopic (exact) mass is 348 g/mol. The van der Waals surface area contributed by atoms with E-state index in [0.29, 0.717) is 28.2 Å². The van der Waals surface area contributed by atoms with Crippen LogP contribution in [-0.4, -0.2) is 25.1 Å². The molecule has 0 aliphatic carbocycles. The smallest absolute Gasteiger partial charge is 0.203 e. The van der Waals surface area contributed by atoms with E-state index in [1.54, 1.807) is 66.7 Å². The summed E-state index contributed by atoms with van der Waals surface area (Å²) in [5.41, 5.74) is -0.521. The van der Waals surface area contributed by atoms with Gasteiger partial charge in [0.25, 0.3) is 0 Å². The first-order chi connectivity index (χ1) is 12.6. The van der Waals surface area contributed by atoms with Crippen LogP contribution < -0.4 is 9.47 Å². The van der Waals surface area contributed by atoms with Gasteiger partial charge in [-0.1, -0.05) is 60.7 Å². The van der Waals surface area contributed by atoms with Crippen LogP contribution in [0.1, 0.15) is 21.5 Å². The molecular weight excluding hydrogens is 328 g/mol. The van der Waals surface area contributed by atoms with Crippen molar-refractivity contribution in [1.82, 2.24) is 0 Å². The van der Waals surface area contributed by atoms with Gasteiger partial charge >= 0.3 is 0 Å². The third kappa shape index (κ3) is 3.19. The van der Waals surface area contributed by atoms with Crippen LogP contribution in [0.3, 0.4) is 0 Å². The van der Waals surface area contributed by atoms with Crippen molar-refractivity contribution in [2.24, 2.45) is 0 Å². The lowest BCUT2D eigenvalue weighted by atomic mass is 9.80.